The number of hydrogen-bond donors (Lipinski definition) is 1. The number of nitrogens with zero attached hydrogens (tertiary/aromatic N) is 6. The van der Waals surface area contributed by atoms with Crippen molar-refractivity contribution in [3.8, 4) is 22.6 Å². The van der Waals surface area contributed by atoms with E-state index >= 15 is 0 Å². The van der Waals surface area contributed by atoms with Crippen LogP contribution >= 0.6 is 0 Å². The van der Waals surface area contributed by atoms with Gasteiger partial charge in [-0.2, -0.15) is 10.2 Å². The van der Waals surface area contributed by atoms with Crippen LogP contribution in [0.1, 0.15) is 68.9 Å². The van der Waals surface area contributed by atoms with Gasteiger partial charge in [-0.15, -0.1) is 5.10 Å². The first-order chi connectivity index (χ1) is 17.8. The Kier molecular flexibility index (Phi) is 5.45. The molecule has 1 unspecified atom stereocenters. The van der Waals surface area contributed by atoms with Crippen LogP contribution in [-0.4, -0.2) is 41.7 Å². The average Bonchev–Trinajstić information content (AvgIpc) is 3.53. The quantitative estimate of drug-likeness (QED) is 0.389. The molecule has 3 atom stereocenters. The third-order valence-electron chi connectivity index (χ3n) is 8.61. The Labute approximate surface area is 213 Å². The minimum absolute atomic E-state index is 0.00538. The van der Waals surface area contributed by atoms with Crippen molar-refractivity contribution in [1.29, 1.82) is 0 Å². The zero-order chi connectivity index (χ0) is 25.9. The zero-order valence-corrected chi connectivity index (χ0v) is 21.0. The maximum absolute atomic E-state index is 14.5. The summed E-state index contributed by atoms with van der Waals surface area (Å²) in [4.78, 5) is 9.52. The molecule has 37 heavy (non-hydrogen) atoms. The molecule has 2 bridgehead atoms. The number of hydrogen-bond acceptors (Lipinski definition) is 6. The molecule has 0 saturated heterocycles. The maximum Gasteiger partial charge on any atom is 0.162 e. The van der Waals surface area contributed by atoms with E-state index in [0.29, 0.717) is 5.82 Å². The second kappa shape index (κ2) is 8.48. The molecule has 1 N–H and O–H groups in total. The first-order valence-corrected chi connectivity index (χ1v) is 12.6. The first-order valence-electron chi connectivity index (χ1n) is 12.6. The van der Waals surface area contributed by atoms with E-state index in [0.717, 1.165) is 41.8 Å². The molecule has 190 valence electrons. The summed E-state index contributed by atoms with van der Waals surface area (Å²) in [7, 11) is 0. The van der Waals surface area contributed by atoms with E-state index in [9.17, 15) is 13.9 Å². The SMILES string of the molecule is CCC(CO)n1cc(-c2nccc([C@@]34CC[C@@H](c5cc(-c6c(F)cccc6F)nnc53)C4(C)C)n2)cn1. The highest BCUT2D eigenvalue weighted by atomic mass is 19.1. The standard InChI is InChI=1S/C28H28F2N6O/c1-4-17(15-37)36-14-16(13-32-36)26-31-11-9-23(33-26)28-10-8-19(27(28,2)3)18-12-22(34-35-25(18)28)24-20(29)6-5-7-21(24)30/h5-7,9,11-14,17,19,37H,4,8,10,15H2,1-3H3/t17?,19-,28-/m0/s1. The highest BCUT2D eigenvalue weighted by Gasteiger charge is 2.65. The molecule has 1 fully saturated rings. The van der Waals surface area contributed by atoms with Gasteiger partial charge in [-0.3, -0.25) is 4.68 Å². The second-order valence-electron chi connectivity index (χ2n) is 10.6. The van der Waals surface area contributed by atoms with E-state index in [1.54, 1.807) is 17.1 Å². The summed E-state index contributed by atoms with van der Waals surface area (Å²) in [6, 6.07) is 7.45. The summed E-state index contributed by atoms with van der Waals surface area (Å²) in [6.07, 6.45) is 7.85. The topological polar surface area (TPSA) is 89.6 Å². The Balaban J connectivity index is 1.45. The smallest absolute Gasteiger partial charge is 0.162 e. The van der Waals surface area contributed by atoms with E-state index in [4.69, 9.17) is 4.98 Å². The molecule has 3 aromatic heterocycles. The molecule has 1 aromatic carbocycles. The van der Waals surface area contributed by atoms with Crippen LogP contribution < -0.4 is 0 Å². The van der Waals surface area contributed by atoms with Crippen molar-refractivity contribution in [3.63, 3.8) is 0 Å². The van der Waals surface area contributed by atoms with E-state index < -0.39 is 17.0 Å². The van der Waals surface area contributed by atoms with Crippen molar-refractivity contribution < 1.29 is 13.9 Å². The van der Waals surface area contributed by atoms with Gasteiger partial charge in [0.05, 0.1) is 52.5 Å². The fourth-order valence-corrected chi connectivity index (χ4v) is 6.55. The molecule has 0 radical (unpaired) electrons. The number of aliphatic hydroxyl groups is 1. The Morgan fingerprint density at radius 2 is 1.95 bits per heavy atom. The lowest BCUT2D eigenvalue weighted by Gasteiger charge is -2.37. The molecular formula is C28H28F2N6O. The summed E-state index contributed by atoms with van der Waals surface area (Å²) < 4.78 is 30.8. The molecular weight excluding hydrogens is 474 g/mol. The third kappa shape index (κ3) is 3.29. The molecule has 0 spiro atoms. The van der Waals surface area contributed by atoms with Crippen LogP contribution in [0.3, 0.4) is 0 Å². The van der Waals surface area contributed by atoms with E-state index in [2.05, 4.69) is 34.1 Å². The third-order valence-corrected chi connectivity index (χ3v) is 8.61. The van der Waals surface area contributed by atoms with Crippen molar-refractivity contribution in [2.24, 2.45) is 5.41 Å². The lowest BCUT2D eigenvalue weighted by molar-refractivity contribution is 0.215. The van der Waals surface area contributed by atoms with Crippen LogP contribution in [-0.2, 0) is 5.41 Å². The van der Waals surface area contributed by atoms with Gasteiger partial charge in [0, 0.05) is 12.4 Å². The largest absolute Gasteiger partial charge is 0.394 e. The number of aliphatic hydroxyl groups excluding tert-OH is 1. The molecule has 2 aliphatic carbocycles. The number of halogens is 2. The molecule has 1 saturated carbocycles. The van der Waals surface area contributed by atoms with E-state index in [-0.39, 0.29) is 35.2 Å². The Morgan fingerprint density at radius 1 is 1.16 bits per heavy atom. The predicted molar refractivity (Wildman–Crippen MR) is 134 cm³/mol. The van der Waals surface area contributed by atoms with Crippen molar-refractivity contribution in [2.45, 2.75) is 57.4 Å². The van der Waals surface area contributed by atoms with Gasteiger partial charge in [-0.25, -0.2) is 18.7 Å². The van der Waals surface area contributed by atoms with Gasteiger partial charge in [0.1, 0.15) is 11.6 Å². The van der Waals surface area contributed by atoms with Crippen LogP contribution in [0.4, 0.5) is 8.78 Å². The van der Waals surface area contributed by atoms with Crippen LogP contribution in [0, 0.1) is 17.0 Å². The summed E-state index contributed by atoms with van der Waals surface area (Å²) >= 11 is 0. The number of aromatic nitrogens is 6. The summed E-state index contributed by atoms with van der Waals surface area (Å²) in [6.45, 7) is 6.43. The van der Waals surface area contributed by atoms with Crippen LogP contribution in [0.2, 0.25) is 0 Å². The van der Waals surface area contributed by atoms with Gasteiger partial charge < -0.3 is 5.11 Å². The lowest BCUT2D eigenvalue weighted by atomic mass is 9.66. The maximum atomic E-state index is 14.5. The van der Waals surface area contributed by atoms with Gasteiger partial charge in [0.2, 0.25) is 0 Å². The van der Waals surface area contributed by atoms with Gasteiger partial charge in [0.25, 0.3) is 0 Å². The second-order valence-corrected chi connectivity index (χ2v) is 10.6. The molecule has 2 aliphatic rings. The molecule has 0 amide bonds. The van der Waals surface area contributed by atoms with Crippen LogP contribution in [0.15, 0.2) is 48.9 Å². The number of fused-ring (bicyclic) bond motifs is 5. The summed E-state index contributed by atoms with van der Waals surface area (Å²) in [5, 5.41) is 23.0. The highest BCUT2D eigenvalue weighted by Crippen LogP contribution is 2.69. The fraction of sp³-hybridized carbons (Fsp3) is 0.393. The van der Waals surface area contributed by atoms with E-state index in [1.165, 1.54) is 18.2 Å². The highest BCUT2D eigenvalue weighted by molar-refractivity contribution is 5.64. The minimum atomic E-state index is -0.654. The average molecular weight is 503 g/mol. The van der Waals surface area contributed by atoms with Crippen molar-refractivity contribution in [3.05, 3.63) is 77.5 Å². The van der Waals surface area contributed by atoms with Crippen LogP contribution in [0.5, 0.6) is 0 Å². The molecule has 4 aromatic rings. The van der Waals surface area contributed by atoms with Crippen LogP contribution in [0.25, 0.3) is 22.6 Å². The van der Waals surface area contributed by atoms with Gasteiger partial charge in [0.15, 0.2) is 5.82 Å². The molecule has 9 heteroatoms. The fourth-order valence-electron chi connectivity index (χ4n) is 6.55. The van der Waals surface area contributed by atoms with E-state index in [1.807, 2.05) is 25.3 Å². The lowest BCUT2D eigenvalue weighted by Crippen LogP contribution is -2.38. The van der Waals surface area contributed by atoms with Crippen molar-refractivity contribution in [2.75, 3.05) is 6.61 Å². The first kappa shape index (κ1) is 23.8. The van der Waals surface area contributed by atoms with Crippen molar-refractivity contribution >= 4 is 0 Å². The summed E-state index contributed by atoms with van der Waals surface area (Å²) in [5.74, 6) is -0.600. The van der Waals surface area contributed by atoms with Crippen molar-refractivity contribution in [1.82, 2.24) is 29.9 Å². The Hall–Kier alpha value is -3.59. The van der Waals surface area contributed by atoms with Gasteiger partial charge in [-0.1, -0.05) is 26.8 Å². The zero-order valence-electron chi connectivity index (χ0n) is 21.0. The Bertz CT molecular complexity index is 1480. The monoisotopic (exact) mass is 502 g/mol. The number of rotatable bonds is 6. The number of benzene rings is 1. The minimum Gasteiger partial charge on any atom is -0.394 e. The normalized spacial score (nSPS) is 22.3. The molecule has 0 aliphatic heterocycles. The summed E-state index contributed by atoms with van der Waals surface area (Å²) in [5.41, 5.74) is 2.73. The Morgan fingerprint density at radius 3 is 2.68 bits per heavy atom. The molecule has 3 heterocycles. The predicted octanol–water partition coefficient (Wildman–Crippen LogP) is 5.22. The molecule has 6 rings (SSSR count). The van der Waals surface area contributed by atoms with Gasteiger partial charge in [-0.05, 0) is 60.4 Å². The van der Waals surface area contributed by atoms with Gasteiger partial charge >= 0.3 is 0 Å². The molecule has 7 nitrogen and oxygen atoms in total.